The number of aromatic nitrogens is 4. The van der Waals surface area contributed by atoms with Crippen LogP contribution in [0.3, 0.4) is 0 Å². The van der Waals surface area contributed by atoms with Crippen LogP contribution < -0.4 is 14.8 Å². The summed E-state index contributed by atoms with van der Waals surface area (Å²) in [4.78, 5) is 12.3. The largest absolute Gasteiger partial charge is 0.493 e. The summed E-state index contributed by atoms with van der Waals surface area (Å²) >= 11 is 0. The summed E-state index contributed by atoms with van der Waals surface area (Å²) in [6, 6.07) is 12.9. The van der Waals surface area contributed by atoms with Gasteiger partial charge in [0.25, 0.3) is 5.91 Å². The van der Waals surface area contributed by atoms with Crippen LogP contribution >= 0.6 is 0 Å². The van der Waals surface area contributed by atoms with E-state index < -0.39 is 0 Å². The zero-order valence-corrected chi connectivity index (χ0v) is 15.5. The van der Waals surface area contributed by atoms with Crippen molar-refractivity contribution >= 4 is 5.91 Å². The molecule has 0 radical (unpaired) electrons. The second kappa shape index (κ2) is 8.31. The molecule has 1 aromatic heterocycles. The monoisotopic (exact) mass is 367 g/mol. The van der Waals surface area contributed by atoms with Crippen LogP contribution in [0.15, 0.2) is 42.5 Å². The summed E-state index contributed by atoms with van der Waals surface area (Å²) in [5.74, 6) is 1.91. The van der Waals surface area contributed by atoms with Gasteiger partial charge in [-0.3, -0.25) is 4.79 Å². The Morgan fingerprint density at radius 1 is 1.07 bits per heavy atom. The zero-order valence-electron chi connectivity index (χ0n) is 15.5. The van der Waals surface area contributed by atoms with Gasteiger partial charge in [-0.2, -0.15) is 4.68 Å². The number of rotatable bonds is 7. The van der Waals surface area contributed by atoms with Crippen molar-refractivity contribution in [2.24, 2.45) is 0 Å². The number of aryl methyl sites for hydroxylation is 1. The van der Waals surface area contributed by atoms with Crippen LogP contribution in [0.5, 0.6) is 11.5 Å². The third kappa shape index (κ3) is 4.22. The summed E-state index contributed by atoms with van der Waals surface area (Å²) in [5.41, 5.74) is 2.44. The second-order valence-electron chi connectivity index (χ2n) is 5.88. The zero-order chi connectivity index (χ0) is 19.2. The molecule has 1 N–H and O–H groups in total. The standard InChI is InChI=1S/C19H21N5O3/c1-13-21-22-23-24(13)16-7-5-15(6-8-16)19(25)20-11-10-14-4-9-17(26-2)18(12-14)27-3/h4-9,12H,10-11H2,1-3H3,(H,20,25). The van der Waals surface area contributed by atoms with E-state index in [1.165, 1.54) is 0 Å². The number of amides is 1. The van der Waals surface area contributed by atoms with Crippen molar-refractivity contribution in [2.45, 2.75) is 13.3 Å². The molecule has 0 saturated heterocycles. The van der Waals surface area contributed by atoms with Crippen LogP contribution in [0, 0.1) is 6.92 Å². The normalized spacial score (nSPS) is 10.5. The Labute approximate surface area is 157 Å². The summed E-state index contributed by atoms with van der Waals surface area (Å²) < 4.78 is 12.1. The van der Waals surface area contributed by atoms with Gasteiger partial charge in [-0.1, -0.05) is 6.07 Å². The van der Waals surface area contributed by atoms with E-state index in [9.17, 15) is 4.79 Å². The molecule has 27 heavy (non-hydrogen) atoms. The highest BCUT2D eigenvalue weighted by atomic mass is 16.5. The molecule has 8 heteroatoms. The predicted octanol–water partition coefficient (Wildman–Crippen LogP) is 1.96. The highest BCUT2D eigenvalue weighted by Gasteiger charge is 2.09. The molecule has 2 aromatic carbocycles. The molecular formula is C19H21N5O3. The highest BCUT2D eigenvalue weighted by molar-refractivity contribution is 5.94. The Kier molecular flexibility index (Phi) is 5.65. The molecular weight excluding hydrogens is 346 g/mol. The molecule has 0 aliphatic rings. The van der Waals surface area contributed by atoms with Gasteiger partial charge in [-0.15, -0.1) is 5.10 Å². The third-order valence-electron chi connectivity index (χ3n) is 4.15. The molecule has 0 unspecified atom stereocenters. The van der Waals surface area contributed by atoms with E-state index in [0.717, 1.165) is 11.3 Å². The molecule has 3 aromatic rings. The van der Waals surface area contributed by atoms with Crippen LogP contribution in [-0.4, -0.2) is 46.9 Å². The summed E-state index contributed by atoms with van der Waals surface area (Å²) in [6.07, 6.45) is 0.688. The number of methoxy groups -OCH3 is 2. The molecule has 3 rings (SSSR count). The lowest BCUT2D eigenvalue weighted by Crippen LogP contribution is -2.25. The highest BCUT2D eigenvalue weighted by Crippen LogP contribution is 2.27. The lowest BCUT2D eigenvalue weighted by Gasteiger charge is -2.10. The molecule has 0 saturated carbocycles. The van der Waals surface area contributed by atoms with Gasteiger partial charge in [0, 0.05) is 12.1 Å². The van der Waals surface area contributed by atoms with Crippen molar-refractivity contribution in [3.8, 4) is 17.2 Å². The minimum atomic E-state index is -0.129. The van der Waals surface area contributed by atoms with E-state index in [1.807, 2.05) is 37.3 Å². The fourth-order valence-electron chi connectivity index (χ4n) is 2.68. The lowest BCUT2D eigenvalue weighted by molar-refractivity contribution is 0.0954. The average Bonchev–Trinajstić information content (AvgIpc) is 3.13. The van der Waals surface area contributed by atoms with Crippen molar-refractivity contribution in [1.82, 2.24) is 25.5 Å². The number of carbonyl (C=O) groups is 1. The van der Waals surface area contributed by atoms with Gasteiger partial charge in [0.2, 0.25) is 0 Å². The number of ether oxygens (including phenoxy) is 2. The third-order valence-corrected chi connectivity index (χ3v) is 4.15. The van der Waals surface area contributed by atoms with Gasteiger partial charge in [0.1, 0.15) is 0 Å². The topological polar surface area (TPSA) is 91.2 Å². The summed E-state index contributed by atoms with van der Waals surface area (Å²) in [5, 5.41) is 14.3. The van der Waals surface area contributed by atoms with Crippen LogP contribution in [-0.2, 0) is 6.42 Å². The molecule has 0 atom stereocenters. The van der Waals surface area contributed by atoms with Crippen LogP contribution in [0.1, 0.15) is 21.7 Å². The molecule has 1 amide bonds. The fraction of sp³-hybridized carbons (Fsp3) is 0.263. The molecule has 1 heterocycles. The van der Waals surface area contributed by atoms with Crippen LogP contribution in [0.2, 0.25) is 0 Å². The first-order valence-electron chi connectivity index (χ1n) is 8.47. The smallest absolute Gasteiger partial charge is 0.251 e. The van der Waals surface area contributed by atoms with Gasteiger partial charge in [-0.25, -0.2) is 0 Å². The van der Waals surface area contributed by atoms with E-state index in [-0.39, 0.29) is 5.91 Å². The van der Waals surface area contributed by atoms with Gasteiger partial charge in [0.05, 0.1) is 19.9 Å². The molecule has 0 spiro atoms. The molecule has 0 bridgehead atoms. The van der Waals surface area contributed by atoms with E-state index in [0.29, 0.717) is 35.9 Å². The summed E-state index contributed by atoms with van der Waals surface area (Å²) in [7, 11) is 3.20. The SMILES string of the molecule is COc1ccc(CCNC(=O)c2ccc(-n3nnnc3C)cc2)cc1OC. The molecule has 0 aliphatic heterocycles. The maximum absolute atomic E-state index is 12.3. The van der Waals surface area contributed by atoms with Gasteiger partial charge >= 0.3 is 0 Å². The number of carbonyl (C=O) groups excluding carboxylic acids is 1. The Balaban J connectivity index is 1.57. The number of nitrogens with zero attached hydrogens (tertiary/aromatic N) is 4. The first-order chi connectivity index (χ1) is 13.1. The van der Waals surface area contributed by atoms with Crippen LogP contribution in [0.4, 0.5) is 0 Å². The van der Waals surface area contributed by atoms with E-state index in [2.05, 4.69) is 20.8 Å². The molecule has 0 fully saturated rings. The number of hydrogen-bond acceptors (Lipinski definition) is 6. The number of hydrogen-bond donors (Lipinski definition) is 1. The minimum absolute atomic E-state index is 0.129. The predicted molar refractivity (Wildman–Crippen MR) is 99.5 cm³/mol. The summed E-state index contributed by atoms with van der Waals surface area (Å²) in [6.45, 7) is 2.33. The fourth-order valence-corrected chi connectivity index (χ4v) is 2.68. The van der Waals surface area contributed by atoms with Crippen molar-refractivity contribution in [2.75, 3.05) is 20.8 Å². The molecule has 0 aliphatic carbocycles. The molecule has 8 nitrogen and oxygen atoms in total. The Hall–Kier alpha value is -3.42. The minimum Gasteiger partial charge on any atom is -0.493 e. The van der Waals surface area contributed by atoms with Gasteiger partial charge in [-0.05, 0) is 65.7 Å². The number of tetrazole rings is 1. The maximum atomic E-state index is 12.3. The van der Waals surface area contributed by atoms with Crippen LogP contribution in [0.25, 0.3) is 5.69 Å². The quantitative estimate of drug-likeness (QED) is 0.686. The van der Waals surface area contributed by atoms with E-state index >= 15 is 0 Å². The number of benzene rings is 2. The first-order valence-corrected chi connectivity index (χ1v) is 8.47. The molecule has 140 valence electrons. The van der Waals surface area contributed by atoms with Crippen molar-refractivity contribution in [3.63, 3.8) is 0 Å². The Bertz CT molecular complexity index is 921. The van der Waals surface area contributed by atoms with Gasteiger partial charge < -0.3 is 14.8 Å². The Morgan fingerprint density at radius 3 is 2.44 bits per heavy atom. The second-order valence-corrected chi connectivity index (χ2v) is 5.88. The number of nitrogens with one attached hydrogen (secondary N) is 1. The maximum Gasteiger partial charge on any atom is 0.251 e. The van der Waals surface area contributed by atoms with Gasteiger partial charge in [0.15, 0.2) is 17.3 Å². The average molecular weight is 367 g/mol. The van der Waals surface area contributed by atoms with E-state index in [4.69, 9.17) is 9.47 Å². The Morgan fingerprint density at radius 2 is 1.81 bits per heavy atom. The van der Waals surface area contributed by atoms with E-state index in [1.54, 1.807) is 31.0 Å². The lowest BCUT2D eigenvalue weighted by atomic mass is 10.1. The first kappa shape index (κ1) is 18.4. The van der Waals surface area contributed by atoms with Crippen molar-refractivity contribution in [3.05, 3.63) is 59.4 Å². The van der Waals surface area contributed by atoms with Crippen molar-refractivity contribution in [1.29, 1.82) is 0 Å². The van der Waals surface area contributed by atoms with Crippen molar-refractivity contribution < 1.29 is 14.3 Å².